The van der Waals surface area contributed by atoms with E-state index >= 15 is 0 Å². The number of rotatable bonds is 4. The predicted octanol–water partition coefficient (Wildman–Crippen LogP) is 2.15. The van der Waals surface area contributed by atoms with Gasteiger partial charge in [0, 0.05) is 12.4 Å². The van der Waals surface area contributed by atoms with Gasteiger partial charge in [0.2, 0.25) is 10.0 Å². The fourth-order valence-electron chi connectivity index (χ4n) is 1.96. The lowest BCUT2D eigenvalue weighted by Gasteiger charge is -2.19. The van der Waals surface area contributed by atoms with Crippen molar-refractivity contribution in [3.8, 4) is 0 Å². The van der Waals surface area contributed by atoms with Gasteiger partial charge in [-0.2, -0.15) is 0 Å². The molecule has 0 atom stereocenters. The first kappa shape index (κ1) is 12.6. The molecule has 94 valence electrons. The van der Waals surface area contributed by atoms with Gasteiger partial charge in [-0.1, -0.05) is 6.07 Å². The van der Waals surface area contributed by atoms with Crippen LogP contribution in [0.3, 0.4) is 0 Å². The summed E-state index contributed by atoms with van der Waals surface area (Å²) in [6, 6.07) is 4.27. The molecule has 1 aliphatic heterocycles. The number of alkyl halides is 1. The molecule has 0 aromatic heterocycles. The van der Waals surface area contributed by atoms with E-state index in [4.69, 9.17) is 11.6 Å². The van der Waals surface area contributed by atoms with Crippen molar-refractivity contribution in [2.75, 3.05) is 22.5 Å². The summed E-state index contributed by atoms with van der Waals surface area (Å²) in [4.78, 5) is 0. The molecule has 1 aromatic carbocycles. The zero-order valence-electron chi connectivity index (χ0n) is 9.20. The largest absolute Gasteiger partial charge is 0.270 e. The van der Waals surface area contributed by atoms with E-state index in [1.807, 2.05) is 0 Å². The molecule has 17 heavy (non-hydrogen) atoms. The van der Waals surface area contributed by atoms with Crippen molar-refractivity contribution < 1.29 is 12.8 Å². The molecule has 2 rings (SSSR count). The van der Waals surface area contributed by atoms with Gasteiger partial charge in [0.1, 0.15) is 5.82 Å². The smallest absolute Gasteiger partial charge is 0.235 e. The Hall–Kier alpha value is -0.810. The highest BCUT2D eigenvalue weighted by Gasteiger charge is 2.29. The average Bonchev–Trinajstić information content (AvgIpc) is 2.70. The summed E-state index contributed by atoms with van der Waals surface area (Å²) in [5, 5.41) is 0. The normalized spacial score (nSPS) is 15.1. The number of sulfonamides is 1. The third-order valence-electron chi connectivity index (χ3n) is 2.77. The Balaban J connectivity index is 2.30. The van der Waals surface area contributed by atoms with Crippen molar-refractivity contribution in [3.63, 3.8) is 0 Å². The van der Waals surface area contributed by atoms with E-state index in [0.29, 0.717) is 31.0 Å². The zero-order valence-corrected chi connectivity index (χ0v) is 10.8. The van der Waals surface area contributed by atoms with Crippen molar-refractivity contribution >= 4 is 27.3 Å². The maximum absolute atomic E-state index is 13.1. The van der Waals surface area contributed by atoms with E-state index in [0.717, 1.165) is 5.56 Å². The minimum absolute atomic E-state index is 0.00640. The van der Waals surface area contributed by atoms with Gasteiger partial charge in [0.25, 0.3) is 0 Å². The number of anilines is 1. The quantitative estimate of drug-likeness (QED) is 0.791. The predicted molar refractivity (Wildman–Crippen MR) is 66.6 cm³/mol. The highest BCUT2D eigenvalue weighted by Crippen LogP contribution is 2.31. The molecule has 0 radical (unpaired) electrons. The molecule has 0 saturated heterocycles. The van der Waals surface area contributed by atoms with Crippen LogP contribution >= 0.6 is 11.6 Å². The van der Waals surface area contributed by atoms with E-state index in [1.54, 1.807) is 6.07 Å². The third kappa shape index (κ3) is 2.55. The summed E-state index contributed by atoms with van der Waals surface area (Å²) >= 11 is 5.50. The minimum Gasteiger partial charge on any atom is -0.270 e. The van der Waals surface area contributed by atoms with Crippen LogP contribution in [0.15, 0.2) is 18.2 Å². The molecule has 0 fully saturated rings. The Labute approximate surface area is 105 Å². The van der Waals surface area contributed by atoms with Gasteiger partial charge in [-0.15, -0.1) is 11.6 Å². The van der Waals surface area contributed by atoms with Gasteiger partial charge in [0.05, 0.1) is 11.4 Å². The molecule has 0 spiro atoms. The Morgan fingerprint density at radius 1 is 1.41 bits per heavy atom. The van der Waals surface area contributed by atoms with E-state index < -0.39 is 15.8 Å². The number of hydrogen-bond acceptors (Lipinski definition) is 2. The fourth-order valence-corrected chi connectivity index (χ4v) is 3.82. The standard InChI is InChI=1S/C11H13ClFNO2S/c12-5-1-7-17(15,16)14-6-4-9-2-3-10(13)8-11(9)14/h2-3,8H,1,4-7H2. The van der Waals surface area contributed by atoms with Crippen molar-refractivity contribution in [1.29, 1.82) is 0 Å². The van der Waals surface area contributed by atoms with Gasteiger partial charge < -0.3 is 0 Å². The van der Waals surface area contributed by atoms with E-state index in [1.165, 1.54) is 16.4 Å². The van der Waals surface area contributed by atoms with Crippen LogP contribution in [0.5, 0.6) is 0 Å². The molecule has 1 aliphatic rings. The average molecular weight is 278 g/mol. The van der Waals surface area contributed by atoms with Crippen molar-refractivity contribution in [3.05, 3.63) is 29.6 Å². The monoisotopic (exact) mass is 277 g/mol. The lowest BCUT2D eigenvalue weighted by Crippen LogP contribution is -2.31. The summed E-state index contributed by atoms with van der Waals surface area (Å²) in [5.41, 5.74) is 1.35. The summed E-state index contributed by atoms with van der Waals surface area (Å²) in [6.45, 7) is 0.392. The number of hydrogen-bond donors (Lipinski definition) is 0. The molecule has 0 bridgehead atoms. The van der Waals surface area contributed by atoms with Crippen LogP contribution in [0.25, 0.3) is 0 Å². The van der Waals surface area contributed by atoms with E-state index in [-0.39, 0.29) is 5.75 Å². The lowest BCUT2D eigenvalue weighted by atomic mass is 10.2. The van der Waals surface area contributed by atoms with Crippen molar-refractivity contribution in [2.45, 2.75) is 12.8 Å². The topological polar surface area (TPSA) is 37.4 Å². The second-order valence-electron chi connectivity index (χ2n) is 3.95. The van der Waals surface area contributed by atoms with E-state index in [2.05, 4.69) is 0 Å². The minimum atomic E-state index is -3.37. The Morgan fingerprint density at radius 3 is 2.88 bits per heavy atom. The fraction of sp³-hybridized carbons (Fsp3) is 0.455. The molecule has 0 amide bonds. The first-order chi connectivity index (χ1) is 8.04. The van der Waals surface area contributed by atoms with Crippen LogP contribution in [0.4, 0.5) is 10.1 Å². The molecule has 1 heterocycles. The van der Waals surface area contributed by atoms with Crippen LogP contribution < -0.4 is 4.31 Å². The Morgan fingerprint density at radius 2 is 2.18 bits per heavy atom. The van der Waals surface area contributed by atoms with Crippen molar-refractivity contribution in [2.24, 2.45) is 0 Å². The summed E-state index contributed by atoms with van der Waals surface area (Å²) < 4.78 is 38.4. The zero-order chi connectivity index (χ0) is 12.5. The molecule has 0 saturated carbocycles. The van der Waals surface area contributed by atoms with Crippen LogP contribution in [0.1, 0.15) is 12.0 Å². The van der Waals surface area contributed by atoms with Gasteiger partial charge in [0.15, 0.2) is 0 Å². The second kappa shape index (κ2) is 4.82. The second-order valence-corrected chi connectivity index (χ2v) is 6.34. The molecule has 6 heteroatoms. The molecule has 1 aromatic rings. The maximum Gasteiger partial charge on any atom is 0.235 e. The summed E-state index contributed by atoms with van der Waals surface area (Å²) in [5.74, 6) is -0.0987. The molecule has 3 nitrogen and oxygen atoms in total. The Bertz CT molecular complexity index is 518. The summed E-state index contributed by atoms with van der Waals surface area (Å²) in [7, 11) is -3.37. The summed E-state index contributed by atoms with van der Waals surface area (Å²) in [6.07, 6.45) is 1.04. The first-order valence-electron chi connectivity index (χ1n) is 5.39. The van der Waals surface area contributed by atoms with Gasteiger partial charge >= 0.3 is 0 Å². The highest BCUT2D eigenvalue weighted by atomic mass is 35.5. The number of fused-ring (bicyclic) bond motifs is 1. The first-order valence-corrected chi connectivity index (χ1v) is 7.54. The molecular formula is C11H13ClFNO2S. The third-order valence-corrected chi connectivity index (χ3v) is 4.89. The molecule has 0 aliphatic carbocycles. The number of nitrogens with zero attached hydrogens (tertiary/aromatic N) is 1. The van der Waals surface area contributed by atoms with Crippen LogP contribution in [-0.2, 0) is 16.4 Å². The number of halogens is 2. The lowest BCUT2D eigenvalue weighted by molar-refractivity contribution is 0.591. The van der Waals surface area contributed by atoms with Crippen LogP contribution in [0, 0.1) is 5.82 Å². The van der Waals surface area contributed by atoms with Crippen LogP contribution in [-0.4, -0.2) is 26.6 Å². The van der Waals surface area contributed by atoms with Crippen molar-refractivity contribution in [1.82, 2.24) is 0 Å². The number of benzene rings is 1. The van der Waals surface area contributed by atoms with E-state index in [9.17, 15) is 12.8 Å². The molecule has 0 unspecified atom stereocenters. The van der Waals surface area contributed by atoms with Gasteiger partial charge in [-0.3, -0.25) is 4.31 Å². The molecule has 0 N–H and O–H groups in total. The molecular weight excluding hydrogens is 265 g/mol. The SMILES string of the molecule is O=S(=O)(CCCCl)N1CCc2ccc(F)cc21. The van der Waals surface area contributed by atoms with Gasteiger partial charge in [-0.25, -0.2) is 12.8 Å². The maximum atomic E-state index is 13.1. The van der Waals surface area contributed by atoms with Gasteiger partial charge in [-0.05, 0) is 30.5 Å². The Kier molecular flexibility index (Phi) is 3.58. The van der Waals surface area contributed by atoms with Crippen LogP contribution in [0.2, 0.25) is 0 Å². The highest BCUT2D eigenvalue weighted by molar-refractivity contribution is 7.92.